The minimum absolute atomic E-state index is 0.0149. The number of carbonyl (C=O) groups is 2. The lowest BCUT2D eigenvalue weighted by Crippen LogP contribution is -2.12. The van der Waals surface area contributed by atoms with Crippen molar-refractivity contribution >= 4 is 34.3 Å². The quantitative estimate of drug-likeness (QED) is 0.232. The van der Waals surface area contributed by atoms with E-state index in [-0.39, 0.29) is 30.3 Å². The molecule has 2 N–H and O–H groups in total. The van der Waals surface area contributed by atoms with Crippen molar-refractivity contribution in [3.05, 3.63) is 64.3 Å². The number of phenolic OH excluding ortho intramolecular Hbond substituents is 1. The number of nitrogens with zero attached hydrogens (tertiary/aromatic N) is 1. The average molecular weight is 470 g/mol. The molecule has 0 bridgehead atoms. The van der Waals surface area contributed by atoms with Gasteiger partial charge in [-0.2, -0.15) is 0 Å². The fraction of sp³-hybridized carbons (Fsp3) is 0.407. The van der Waals surface area contributed by atoms with Gasteiger partial charge in [-0.25, -0.2) is 0 Å². The number of fused-ring (bicyclic) bond motifs is 1. The summed E-state index contributed by atoms with van der Waals surface area (Å²) in [5.74, 6) is -0.836. The summed E-state index contributed by atoms with van der Waals surface area (Å²) < 4.78 is 2.08. The number of ketones is 1. The van der Waals surface area contributed by atoms with Crippen molar-refractivity contribution in [3.63, 3.8) is 0 Å². The lowest BCUT2D eigenvalue weighted by atomic mass is 9.94. The van der Waals surface area contributed by atoms with Crippen molar-refractivity contribution in [1.82, 2.24) is 4.57 Å². The van der Waals surface area contributed by atoms with E-state index >= 15 is 0 Å². The zero-order chi connectivity index (χ0) is 24.0. The molecule has 0 fully saturated rings. The molecule has 3 rings (SSSR count). The standard InChI is InChI=1S/C27H32ClNO4/c1-18(16-26(32)33)15-25(31)27-22-17-20(28)11-14-23(22)29(2)24(27)8-6-4-3-5-7-19-9-12-21(30)13-10-19/h9-14,17-18,30H,3-8,15-16H2,1-2H3,(H,32,33)/t18-/m1/s1. The molecule has 1 heterocycles. The molecule has 1 aromatic heterocycles. The summed E-state index contributed by atoms with van der Waals surface area (Å²) in [4.78, 5) is 24.3. The van der Waals surface area contributed by atoms with Crippen molar-refractivity contribution in [1.29, 1.82) is 0 Å². The van der Waals surface area contributed by atoms with Gasteiger partial charge in [0.1, 0.15) is 5.75 Å². The first-order valence-electron chi connectivity index (χ1n) is 11.6. The molecule has 0 radical (unpaired) electrons. The minimum Gasteiger partial charge on any atom is -0.508 e. The highest BCUT2D eigenvalue weighted by Gasteiger charge is 2.23. The van der Waals surface area contributed by atoms with Crippen molar-refractivity contribution in [2.24, 2.45) is 13.0 Å². The molecule has 0 saturated carbocycles. The first-order chi connectivity index (χ1) is 15.8. The Morgan fingerprint density at radius 1 is 0.970 bits per heavy atom. The van der Waals surface area contributed by atoms with Gasteiger partial charge in [0.05, 0.1) is 0 Å². The van der Waals surface area contributed by atoms with Gasteiger partial charge in [0.15, 0.2) is 5.78 Å². The number of aliphatic carboxylic acids is 1. The smallest absolute Gasteiger partial charge is 0.303 e. The van der Waals surface area contributed by atoms with E-state index in [1.807, 2.05) is 37.4 Å². The number of unbranched alkanes of at least 4 members (excludes halogenated alkanes) is 3. The summed E-state index contributed by atoms with van der Waals surface area (Å²) in [5, 5.41) is 19.9. The molecule has 0 saturated heterocycles. The highest BCUT2D eigenvalue weighted by atomic mass is 35.5. The van der Waals surface area contributed by atoms with Crippen molar-refractivity contribution < 1.29 is 19.8 Å². The van der Waals surface area contributed by atoms with Crippen LogP contribution in [0.25, 0.3) is 10.9 Å². The van der Waals surface area contributed by atoms with Crippen LogP contribution in [0.15, 0.2) is 42.5 Å². The Labute approximate surface area is 200 Å². The number of carboxylic acids is 1. The summed E-state index contributed by atoms with van der Waals surface area (Å²) in [5.41, 5.74) is 3.88. The average Bonchev–Trinajstić information content (AvgIpc) is 3.02. The van der Waals surface area contributed by atoms with Gasteiger partial charge < -0.3 is 14.8 Å². The van der Waals surface area contributed by atoms with Crippen LogP contribution >= 0.6 is 11.6 Å². The maximum absolute atomic E-state index is 13.2. The molecule has 0 aliphatic heterocycles. The Balaban J connectivity index is 1.67. The van der Waals surface area contributed by atoms with Crippen LogP contribution in [0, 0.1) is 5.92 Å². The number of rotatable bonds is 12. The highest BCUT2D eigenvalue weighted by molar-refractivity contribution is 6.31. The number of hydrogen-bond acceptors (Lipinski definition) is 3. The summed E-state index contributed by atoms with van der Waals surface area (Å²) in [6, 6.07) is 13.0. The molecule has 0 amide bonds. The Morgan fingerprint density at radius 2 is 1.64 bits per heavy atom. The predicted molar refractivity (Wildman–Crippen MR) is 132 cm³/mol. The summed E-state index contributed by atoms with van der Waals surface area (Å²) in [7, 11) is 1.98. The molecule has 0 aliphatic rings. The first kappa shape index (κ1) is 24.8. The van der Waals surface area contributed by atoms with Crippen LogP contribution < -0.4 is 0 Å². The number of carbonyl (C=O) groups excluding carboxylic acids is 1. The fourth-order valence-electron chi connectivity index (χ4n) is 4.50. The molecule has 1 atom stereocenters. The second kappa shape index (κ2) is 11.4. The number of aryl methyl sites for hydroxylation is 2. The van der Waals surface area contributed by atoms with Gasteiger partial charge >= 0.3 is 5.97 Å². The Morgan fingerprint density at radius 3 is 2.30 bits per heavy atom. The number of Topliss-reactive ketones (excluding diaryl/α,β-unsaturated/α-hetero) is 1. The van der Waals surface area contributed by atoms with Gasteiger partial charge in [-0.15, -0.1) is 0 Å². The first-order valence-corrected chi connectivity index (χ1v) is 11.9. The van der Waals surface area contributed by atoms with Crippen LogP contribution in [-0.4, -0.2) is 26.5 Å². The molecule has 5 nitrogen and oxygen atoms in total. The second-order valence-corrected chi connectivity index (χ2v) is 9.39. The van der Waals surface area contributed by atoms with Crippen LogP contribution in [0.3, 0.4) is 0 Å². The van der Waals surface area contributed by atoms with Crippen LogP contribution in [0.4, 0.5) is 0 Å². The second-order valence-electron chi connectivity index (χ2n) is 8.95. The molecule has 3 aromatic rings. The molecule has 6 heteroatoms. The zero-order valence-electron chi connectivity index (χ0n) is 19.3. The monoisotopic (exact) mass is 469 g/mol. The van der Waals surface area contributed by atoms with Crippen molar-refractivity contribution in [2.75, 3.05) is 0 Å². The maximum Gasteiger partial charge on any atom is 0.303 e. The van der Waals surface area contributed by atoms with E-state index in [4.69, 9.17) is 16.7 Å². The molecule has 0 spiro atoms. The van der Waals surface area contributed by atoms with Gasteiger partial charge in [0.2, 0.25) is 0 Å². The number of aromatic nitrogens is 1. The molecule has 0 unspecified atom stereocenters. The van der Waals surface area contributed by atoms with Gasteiger partial charge in [0, 0.05) is 47.1 Å². The minimum atomic E-state index is -0.885. The van der Waals surface area contributed by atoms with E-state index < -0.39 is 5.97 Å². The third-order valence-corrected chi connectivity index (χ3v) is 6.42. The number of carboxylic acid groups (broad SMARTS) is 1. The van der Waals surface area contributed by atoms with E-state index in [9.17, 15) is 14.7 Å². The summed E-state index contributed by atoms with van der Waals surface area (Å²) in [6.07, 6.45) is 6.16. The molecular weight excluding hydrogens is 438 g/mol. The van der Waals surface area contributed by atoms with Crippen molar-refractivity contribution in [2.45, 2.75) is 58.3 Å². The van der Waals surface area contributed by atoms with Gasteiger partial charge in [-0.05, 0) is 67.5 Å². The van der Waals surface area contributed by atoms with Crippen LogP contribution in [-0.2, 0) is 24.7 Å². The van der Waals surface area contributed by atoms with E-state index in [0.717, 1.165) is 55.1 Å². The maximum atomic E-state index is 13.2. The van der Waals surface area contributed by atoms with Crippen molar-refractivity contribution in [3.8, 4) is 5.75 Å². The molecule has 2 aromatic carbocycles. The van der Waals surface area contributed by atoms with Gasteiger partial charge in [-0.1, -0.05) is 43.5 Å². The Hall–Kier alpha value is -2.79. The molecular formula is C27H32ClNO4. The zero-order valence-corrected chi connectivity index (χ0v) is 20.1. The van der Waals surface area contributed by atoms with Gasteiger partial charge in [0.25, 0.3) is 0 Å². The summed E-state index contributed by atoms with van der Waals surface area (Å²) >= 11 is 6.24. The van der Waals surface area contributed by atoms with E-state index in [1.54, 1.807) is 19.1 Å². The van der Waals surface area contributed by atoms with Crippen LogP contribution in [0.2, 0.25) is 5.02 Å². The molecule has 176 valence electrons. The highest BCUT2D eigenvalue weighted by Crippen LogP contribution is 2.31. The van der Waals surface area contributed by atoms with Crippen LogP contribution in [0.5, 0.6) is 5.75 Å². The van der Waals surface area contributed by atoms with E-state index in [0.29, 0.717) is 10.6 Å². The predicted octanol–water partition coefficient (Wildman–Crippen LogP) is 6.57. The largest absolute Gasteiger partial charge is 0.508 e. The van der Waals surface area contributed by atoms with Gasteiger partial charge in [-0.3, -0.25) is 9.59 Å². The molecule has 0 aliphatic carbocycles. The summed E-state index contributed by atoms with van der Waals surface area (Å²) in [6.45, 7) is 1.80. The Kier molecular flexibility index (Phi) is 8.56. The normalized spacial score (nSPS) is 12.2. The SMILES string of the molecule is C[C@@H](CC(=O)O)CC(=O)c1c(CCCCCCc2ccc(O)cc2)n(C)c2ccc(Cl)cc12. The number of aromatic hydroxyl groups is 1. The lowest BCUT2D eigenvalue weighted by molar-refractivity contribution is -0.137. The third-order valence-electron chi connectivity index (χ3n) is 6.18. The number of halogens is 1. The van der Waals surface area contributed by atoms with Crippen LogP contribution in [0.1, 0.15) is 67.1 Å². The van der Waals surface area contributed by atoms with E-state index in [1.165, 1.54) is 5.56 Å². The number of hydrogen-bond donors (Lipinski definition) is 2. The Bertz CT molecular complexity index is 1120. The number of benzene rings is 2. The fourth-order valence-corrected chi connectivity index (χ4v) is 4.67. The lowest BCUT2D eigenvalue weighted by Gasteiger charge is -2.11. The topological polar surface area (TPSA) is 79.5 Å². The van der Waals surface area contributed by atoms with E-state index in [2.05, 4.69) is 4.57 Å². The number of phenols is 1. The third kappa shape index (κ3) is 6.61. The molecule has 33 heavy (non-hydrogen) atoms.